The summed E-state index contributed by atoms with van der Waals surface area (Å²) in [6.07, 6.45) is 7.57. The molecule has 1 aliphatic heterocycles. The van der Waals surface area contributed by atoms with E-state index in [-0.39, 0.29) is 11.4 Å². The molecule has 1 atom stereocenters. The molecule has 1 N–H and O–H groups in total. The number of nitrogens with zero attached hydrogens (tertiary/aromatic N) is 1. The van der Waals surface area contributed by atoms with E-state index in [2.05, 4.69) is 4.90 Å². The van der Waals surface area contributed by atoms with Gasteiger partial charge in [0.25, 0.3) is 0 Å². The van der Waals surface area contributed by atoms with E-state index in [0.717, 1.165) is 12.5 Å². The molecule has 1 saturated carbocycles. The number of carboxylic acids is 1. The molecule has 1 unspecified atom stereocenters. The Labute approximate surface area is 124 Å². The summed E-state index contributed by atoms with van der Waals surface area (Å²) in [4.78, 5) is 13.7. The lowest BCUT2D eigenvalue weighted by atomic mass is 9.95. The van der Waals surface area contributed by atoms with E-state index in [9.17, 15) is 14.3 Å². The number of hydrogen-bond acceptors (Lipinski definition) is 2. The van der Waals surface area contributed by atoms with E-state index < -0.39 is 5.97 Å². The third-order valence-corrected chi connectivity index (χ3v) is 5.03. The van der Waals surface area contributed by atoms with Gasteiger partial charge in [-0.2, -0.15) is 0 Å². The van der Waals surface area contributed by atoms with Crippen molar-refractivity contribution in [3.8, 4) is 0 Å². The van der Waals surface area contributed by atoms with Gasteiger partial charge >= 0.3 is 5.97 Å². The third kappa shape index (κ3) is 3.10. The first-order valence-corrected chi connectivity index (χ1v) is 7.91. The third-order valence-electron chi connectivity index (χ3n) is 5.03. The van der Waals surface area contributed by atoms with Crippen LogP contribution in [0, 0.1) is 11.7 Å². The summed E-state index contributed by atoms with van der Waals surface area (Å²) in [5, 5.41) is 9.27. The van der Waals surface area contributed by atoms with Crippen molar-refractivity contribution in [3.63, 3.8) is 0 Å². The second-order valence-corrected chi connectivity index (χ2v) is 6.33. The second-order valence-electron chi connectivity index (χ2n) is 6.33. The van der Waals surface area contributed by atoms with Crippen molar-refractivity contribution in [1.29, 1.82) is 0 Å². The fourth-order valence-electron chi connectivity index (χ4n) is 4.04. The van der Waals surface area contributed by atoms with Crippen LogP contribution in [-0.4, -0.2) is 28.6 Å². The molecule has 1 aromatic rings. The summed E-state index contributed by atoms with van der Waals surface area (Å²) in [5.41, 5.74) is 0.834. The smallest absolute Gasteiger partial charge is 0.336 e. The molecular weight excluding hydrogens is 269 g/mol. The Morgan fingerprint density at radius 2 is 2.00 bits per heavy atom. The lowest BCUT2D eigenvalue weighted by Gasteiger charge is -2.29. The molecule has 2 fully saturated rings. The number of likely N-dealkylation sites (tertiary alicyclic amines) is 1. The summed E-state index contributed by atoms with van der Waals surface area (Å²) in [7, 11) is 0. The molecule has 4 heteroatoms. The van der Waals surface area contributed by atoms with Crippen molar-refractivity contribution in [2.24, 2.45) is 5.92 Å². The number of benzene rings is 1. The van der Waals surface area contributed by atoms with Gasteiger partial charge in [-0.1, -0.05) is 12.8 Å². The van der Waals surface area contributed by atoms with Crippen LogP contribution in [0.4, 0.5) is 4.39 Å². The van der Waals surface area contributed by atoms with E-state index in [4.69, 9.17) is 0 Å². The minimum Gasteiger partial charge on any atom is -0.478 e. The van der Waals surface area contributed by atoms with Crippen molar-refractivity contribution >= 4 is 5.97 Å². The molecule has 1 aromatic carbocycles. The fraction of sp³-hybridized carbons (Fsp3) is 0.588. The first-order valence-electron chi connectivity index (χ1n) is 7.91. The lowest BCUT2D eigenvalue weighted by molar-refractivity contribution is 0.0693. The summed E-state index contributed by atoms with van der Waals surface area (Å²) in [6.45, 7) is 1.55. The Kier molecular flexibility index (Phi) is 4.24. The molecule has 2 aliphatic rings. The monoisotopic (exact) mass is 291 g/mol. The van der Waals surface area contributed by atoms with Crippen LogP contribution in [0.2, 0.25) is 0 Å². The van der Waals surface area contributed by atoms with Crippen LogP contribution in [0.5, 0.6) is 0 Å². The van der Waals surface area contributed by atoms with Gasteiger partial charge in [-0.3, -0.25) is 4.90 Å². The van der Waals surface area contributed by atoms with Crippen LogP contribution in [0.3, 0.4) is 0 Å². The van der Waals surface area contributed by atoms with Crippen molar-refractivity contribution in [3.05, 3.63) is 35.1 Å². The van der Waals surface area contributed by atoms with E-state index in [1.807, 2.05) is 0 Å². The summed E-state index contributed by atoms with van der Waals surface area (Å²) < 4.78 is 13.5. The van der Waals surface area contributed by atoms with Crippen LogP contribution in [0.15, 0.2) is 18.2 Å². The highest BCUT2D eigenvalue weighted by atomic mass is 19.1. The molecule has 114 valence electrons. The standard InChI is InChI=1S/C17H22FNO2/c18-14-7-8-15(17(20)21)13(10-14)11-19-9-3-6-16(19)12-4-1-2-5-12/h7-8,10,12,16H,1-6,9,11H2,(H,20,21). The normalized spacial score (nSPS) is 23.8. The zero-order valence-corrected chi connectivity index (χ0v) is 12.2. The zero-order chi connectivity index (χ0) is 14.8. The maximum Gasteiger partial charge on any atom is 0.336 e. The van der Waals surface area contributed by atoms with E-state index in [1.54, 1.807) is 0 Å². The predicted molar refractivity (Wildman–Crippen MR) is 78.7 cm³/mol. The van der Waals surface area contributed by atoms with Crippen LogP contribution >= 0.6 is 0 Å². The zero-order valence-electron chi connectivity index (χ0n) is 12.2. The van der Waals surface area contributed by atoms with Gasteiger partial charge in [0.1, 0.15) is 5.82 Å². The van der Waals surface area contributed by atoms with Gasteiger partial charge in [0, 0.05) is 12.6 Å². The van der Waals surface area contributed by atoms with E-state index in [0.29, 0.717) is 18.2 Å². The molecule has 0 spiro atoms. The largest absolute Gasteiger partial charge is 0.478 e. The summed E-state index contributed by atoms with van der Waals surface area (Å²) >= 11 is 0. The first-order chi connectivity index (χ1) is 10.1. The molecule has 1 aliphatic carbocycles. The number of rotatable bonds is 4. The average molecular weight is 291 g/mol. The quantitative estimate of drug-likeness (QED) is 0.920. The fourth-order valence-corrected chi connectivity index (χ4v) is 4.04. The van der Waals surface area contributed by atoms with Crippen molar-refractivity contribution < 1.29 is 14.3 Å². The highest BCUT2D eigenvalue weighted by Crippen LogP contribution is 2.36. The highest BCUT2D eigenvalue weighted by Gasteiger charge is 2.33. The summed E-state index contributed by atoms with van der Waals surface area (Å²) in [5.74, 6) is -0.581. The van der Waals surface area contributed by atoms with Crippen LogP contribution in [0.1, 0.15) is 54.4 Å². The molecule has 0 aromatic heterocycles. The number of aromatic carboxylic acids is 1. The maximum atomic E-state index is 13.5. The Balaban J connectivity index is 1.79. The lowest BCUT2D eigenvalue weighted by Crippen LogP contribution is -2.34. The molecule has 0 bridgehead atoms. The molecule has 1 heterocycles. The molecule has 1 saturated heterocycles. The average Bonchev–Trinajstić information content (AvgIpc) is 3.08. The Hall–Kier alpha value is -1.42. The molecular formula is C17H22FNO2. The second kappa shape index (κ2) is 6.14. The number of carbonyl (C=O) groups is 1. The number of halogens is 1. The molecule has 0 radical (unpaired) electrons. The van der Waals surface area contributed by atoms with E-state index >= 15 is 0 Å². The van der Waals surface area contributed by atoms with Gasteiger partial charge in [-0.05, 0) is 61.9 Å². The highest BCUT2D eigenvalue weighted by molar-refractivity contribution is 5.89. The predicted octanol–water partition coefficient (Wildman–Crippen LogP) is 3.68. The molecule has 3 nitrogen and oxygen atoms in total. The Morgan fingerprint density at radius 1 is 1.24 bits per heavy atom. The van der Waals surface area contributed by atoms with Gasteiger partial charge in [-0.25, -0.2) is 9.18 Å². The Morgan fingerprint density at radius 3 is 2.71 bits per heavy atom. The molecule has 0 amide bonds. The molecule has 3 rings (SSSR count). The van der Waals surface area contributed by atoms with Gasteiger partial charge < -0.3 is 5.11 Å². The van der Waals surface area contributed by atoms with Crippen LogP contribution in [-0.2, 0) is 6.54 Å². The minimum absolute atomic E-state index is 0.230. The van der Waals surface area contributed by atoms with Gasteiger partial charge in [0.2, 0.25) is 0 Å². The number of hydrogen-bond donors (Lipinski definition) is 1. The van der Waals surface area contributed by atoms with Gasteiger partial charge in [0.15, 0.2) is 0 Å². The van der Waals surface area contributed by atoms with Crippen LogP contribution < -0.4 is 0 Å². The van der Waals surface area contributed by atoms with Gasteiger partial charge in [0.05, 0.1) is 5.56 Å². The Bertz CT molecular complexity index is 526. The maximum absolute atomic E-state index is 13.5. The van der Waals surface area contributed by atoms with E-state index in [1.165, 1.54) is 56.7 Å². The number of carboxylic acid groups (broad SMARTS) is 1. The first kappa shape index (κ1) is 14.5. The van der Waals surface area contributed by atoms with Gasteiger partial charge in [-0.15, -0.1) is 0 Å². The van der Waals surface area contributed by atoms with Crippen LogP contribution in [0.25, 0.3) is 0 Å². The molecule has 21 heavy (non-hydrogen) atoms. The topological polar surface area (TPSA) is 40.5 Å². The minimum atomic E-state index is -0.971. The summed E-state index contributed by atoms with van der Waals surface area (Å²) in [6, 6.07) is 4.55. The SMILES string of the molecule is O=C(O)c1ccc(F)cc1CN1CCCC1C1CCCC1. The van der Waals surface area contributed by atoms with Crippen molar-refractivity contribution in [1.82, 2.24) is 4.90 Å². The van der Waals surface area contributed by atoms with Crippen molar-refractivity contribution in [2.75, 3.05) is 6.54 Å². The van der Waals surface area contributed by atoms with Crippen molar-refractivity contribution in [2.45, 2.75) is 51.1 Å².